The minimum Gasteiger partial charge on any atom is -0.504 e. The number of carbonyl (C=O) groups excluding carboxylic acids is 1. The zero-order chi connectivity index (χ0) is 24.1. The van der Waals surface area contributed by atoms with Crippen LogP contribution in [0.25, 0.3) is 11.1 Å². The van der Waals surface area contributed by atoms with Gasteiger partial charge in [-0.1, -0.05) is 48.0 Å². The van der Waals surface area contributed by atoms with Gasteiger partial charge in [-0.05, 0) is 23.3 Å². The first-order chi connectivity index (χ1) is 15.5. The highest BCUT2D eigenvalue weighted by molar-refractivity contribution is 7.89. The lowest BCUT2D eigenvalue weighted by molar-refractivity contribution is 0.0764. The number of aromatic hydroxyl groups is 2. The molecule has 3 aromatic carbocycles. The van der Waals surface area contributed by atoms with Crippen molar-refractivity contribution in [1.29, 1.82) is 0 Å². The molecule has 0 saturated heterocycles. The lowest BCUT2D eigenvalue weighted by atomic mass is 9.97. The molecule has 0 spiro atoms. The van der Waals surface area contributed by atoms with Gasteiger partial charge in [0, 0.05) is 38.3 Å². The van der Waals surface area contributed by atoms with E-state index in [4.69, 9.17) is 11.6 Å². The molecular weight excluding hydrogens is 471 g/mol. The molecule has 0 unspecified atom stereocenters. The molecule has 0 fully saturated rings. The van der Waals surface area contributed by atoms with E-state index < -0.39 is 33.2 Å². The minimum atomic E-state index is -4.14. The summed E-state index contributed by atoms with van der Waals surface area (Å²) in [6.45, 7) is -0.144. The van der Waals surface area contributed by atoms with Crippen molar-refractivity contribution in [1.82, 2.24) is 9.21 Å². The van der Waals surface area contributed by atoms with Gasteiger partial charge in [-0.3, -0.25) is 4.79 Å². The lowest BCUT2D eigenvalue weighted by Gasteiger charge is -2.20. The summed E-state index contributed by atoms with van der Waals surface area (Å²) in [5, 5.41) is 21.5. The van der Waals surface area contributed by atoms with Crippen LogP contribution in [0.4, 0.5) is 4.39 Å². The standard InChI is InChI=1S/C23H20ClFN2O5S/c1-26(2)33(31,32)22-15-12-27(11-13-8-9-17(25)16(24)10-13)23(30)19(15)21(29)20(28)18(22)14-6-4-3-5-7-14/h3-10,28-29H,11-12H2,1-2H3. The summed E-state index contributed by atoms with van der Waals surface area (Å²) in [4.78, 5) is 14.2. The highest BCUT2D eigenvalue weighted by atomic mass is 35.5. The first kappa shape index (κ1) is 23.0. The fraction of sp³-hybridized carbons (Fsp3) is 0.174. The molecule has 3 aromatic rings. The van der Waals surface area contributed by atoms with Gasteiger partial charge in [0.2, 0.25) is 10.0 Å². The number of carbonyl (C=O) groups is 1. The fourth-order valence-corrected chi connectivity index (χ4v) is 5.40. The molecule has 1 amide bonds. The highest BCUT2D eigenvalue weighted by Crippen LogP contribution is 2.49. The summed E-state index contributed by atoms with van der Waals surface area (Å²) in [6.07, 6.45) is 0. The summed E-state index contributed by atoms with van der Waals surface area (Å²) in [5.41, 5.74) is 0.605. The summed E-state index contributed by atoms with van der Waals surface area (Å²) in [5.74, 6) is -2.65. The molecule has 7 nitrogen and oxygen atoms in total. The average Bonchev–Trinajstić information content (AvgIpc) is 3.09. The second-order valence-electron chi connectivity index (χ2n) is 7.82. The minimum absolute atomic E-state index is 0.00413. The smallest absolute Gasteiger partial charge is 0.258 e. The highest BCUT2D eigenvalue weighted by Gasteiger charge is 2.41. The molecule has 0 atom stereocenters. The van der Waals surface area contributed by atoms with E-state index in [-0.39, 0.29) is 39.7 Å². The molecule has 0 aromatic heterocycles. The zero-order valence-corrected chi connectivity index (χ0v) is 19.3. The number of sulfonamides is 1. The molecule has 10 heteroatoms. The first-order valence-electron chi connectivity index (χ1n) is 9.86. The summed E-state index contributed by atoms with van der Waals surface area (Å²) < 4.78 is 41.2. The van der Waals surface area contributed by atoms with Crippen LogP contribution >= 0.6 is 11.6 Å². The van der Waals surface area contributed by atoms with Gasteiger partial charge in [0.25, 0.3) is 5.91 Å². The molecule has 33 heavy (non-hydrogen) atoms. The number of halogens is 2. The van der Waals surface area contributed by atoms with E-state index >= 15 is 0 Å². The topological polar surface area (TPSA) is 98.1 Å². The summed E-state index contributed by atoms with van der Waals surface area (Å²) in [7, 11) is -1.45. The largest absolute Gasteiger partial charge is 0.504 e. The lowest BCUT2D eigenvalue weighted by Crippen LogP contribution is -2.25. The monoisotopic (exact) mass is 490 g/mol. The van der Waals surface area contributed by atoms with Gasteiger partial charge in [0.15, 0.2) is 11.5 Å². The van der Waals surface area contributed by atoms with Gasteiger partial charge in [-0.25, -0.2) is 17.1 Å². The molecular formula is C23H20ClFN2O5S. The maximum Gasteiger partial charge on any atom is 0.258 e. The van der Waals surface area contributed by atoms with Gasteiger partial charge in [-0.15, -0.1) is 0 Å². The number of hydrogen-bond donors (Lipinski definition) is 2. The van der Waals surface area contributed by atoms with Crippen molar-refractivity contribution >= 4 is 27.5 Å². The molecule has 172 valence electrons. The maximum absolute atomic E-state index is 13.5. The molecule has 0 bridgehead atoms. The molecule has 2 N–H and O–H groups in total. The average molecular weight is 491 g/mol. The van der Waals surface area contributed by atoms with Crippen LogP contribution in [0, 0.1) is 5.82 Å². The van der Waals surface area contributed by atoms with Crippen molar-refractivity contribution in [2.24, 2.45) is 0 Å². The first-order valence-corrected chi connectivity index (χ1v) is 11.7. The predicted molar refractivity (Wildman–Crippen MR) is 121 cm³/mol. The molecule has 4 rings (SSSR count). The Balaban J connectivity index is 1.93. The van der Waals surface area contributed by atoms with Crippen molar-refractivity contribution in [3.8, 4) is 22.6 Å². The van der Waals surface area contributed by atoms with Gasteiger partial charge in [0.05, 0.1) is 15.5 Å². The van der Waals surface area contributed by atoms with Gasteiger partial charge in [-0.2, -0.15) is 0 Å². The van der Waals surface area contributed by atoms with E-state index in [9.17, 15) is 27.8 Å². The Kier molecular flexibility index (Phi) is 5.81. The van der Waals surface area contributed by atoms with Crippen LogP contribution in [-0.2, 0) is 23.1 Å². The van der Waals surface area contributed by atoms with Crippen LogP contribution in [0.3, 0.4) is 0 Å². The Morgan fingerprint density at radius 2 is 1.70 bits per heavy atom. The number of nitrogens with zero attached hydrogens (tertiary/aromatic N) is 2. The third kappa shape index (κ3) is 3.82. The van der Waals surface area contributed by atoms with Crippen LogP contribution in [0.15, 0.2) is 53.4 Å². The number of phenolic OH excluding ortho intramolecular Hbond substituents is 2. The Morgan fingerprint density at radius 3 is 2.30 bits per heavy atom. The third-order valence-corrected chi connectivity index (χ3v) is 7.73. The van der Waals surface area contributed by atoms with Crippen LogP contribution in [0.1, 0.15) is 21.5 Å². The molecule has 1 heterocycles. The second-order valence-corrected chi connectivity index (χ2v) is 10.3. The van der Waals surface area contributed by atoms with Crippen molar-refractivity contribution in [2.45, 2.75) is 18.0 Å². The normalized spacial score (nSPS) is 13.6. The van der Waals surface area contributed by atoms with E-state index in [0.717, 1.165) is 4.31 Å². The maximum atomic E-state index is 13.5. The molecule has 0 saturated carbocycles. The Bertz CT molecular complexity index is 1380. The number of phenols is 2. The van der Waals surface area contributed by atoms with E-state index in [0.29, 0.717) is 11.1 Å². The van der Waals surface area contributed by atoms with Gasteiger partial charge >= 0.3 is 0 Å². The van der Waals surface area contributed by atoms with Crippen LogP contribution in [0.2, 0.25) is 5.02 Å². The van der Waals surface area contributed by atoms with E-state index in [2.05, 4.69) is 0 Å². The summed E-state index contributed by atoms with van der Waals surface area (Å²) >= 11 is 5.84. The predicted octanol–water partition coefficient (Wildman–Crippen LogP) is 3.96. The van der Waals surface area contributed by atoms with E-state index in [1.807, 2.05) is 0 Å². The van der Waals surface area contributed by atoms with Crippen LogP contribution in [-0.4, -0.2) is 47.8 Å². The van der Waals surface area contributed by atoms with Crippen LogP contribution < -0.4 is 0 Å². The van der Waals surface area contributed by atoms with Crippen molar-refractivity contribution in [2.75, 3.05) is 14.1 Å². The number of amides is 1. The molecule has 0 radical (unpaired) electrons. The number of hydrogen-bond acceptors (Lipinski definition) is 5. The molecule has 1 aliphatic rings. The van der Waals surface area contributed by atoms with Crippen molar-refractivity contribution < 1.29 is 27.8 Å². The Hall–Kier alpha value is -3.14. The quantitative estimate of drug-likeness (QED) is 0.527. The van der Waals surface area contributed by atoms with Crippen LogP contribution in [0.5, 0.6) is 11.5 Å². The zero-order valence-electron chi connectivity index (χ0n) is 17.7. The Morgan fingerprint density at radius 1 is 1.06 bits per heavy atom. The Labute approximate surface area is 195 Å². The number of rotatable bonds is 5. The molecule has 0 aliphatic carbocycles. The van der Waals surface area contributed by atoms with E-state index in [1.165, 1.54) is 37.2 Å². The summed E-state index contributed by atoms with van der Waals surface area (Å²) in [6, 6.07) is 12.3. The second kappa shape index (κ2) is 8.33. The van der Waals surface area contributed by atoms with Gasteiger partial charge < -0.3 is 15.1 Å². The number of fused-ring (bicyclic) bond motifs is 1. The van der Waals surface area contributed by atoms with E-state index in [1.54, 1.807) is 30.3 Å². The SMILES string of the molecule is CN(C)S(=O)(=O)c1c2c(c(O)c(O)c1-c1ccccc1)C(=O)N(Cc1ccc(F)c(Cl)c1)C2. The molecule has 1 aliphatic heterocycles. The fourth-order valence-electron chi connectivity index (χ4n) is 3.88. The third-order valence-electron chi connectivity index (χ3n) is 5.51. The number of benzene rings is 3. The van der Waals surface area contributed by atoms with Gasteiger partial charge in [0.1, 0.15) is 5.82 Å². The van der Waals surface area contributed by atoms with Crippen molar-refractivity contribution in [3.05, 3.63) is 76.1 Å². The van der Waals surface area contributed by atoms with Crippen molar-refractivity contribution in [3.63, 3.8) is 0 Å².